The summed E-state index contributed by atoms with van der Waals surface area (Å²) in [6.07, 6.45) is 3.36. The van der Waals surface area contributed by atoms with Crippen molar-refractivity contribution in [3.8, 4) is 0 Å². The van der Waals surface area contributed by atoms with Gasteiger partial charge in [-0.2, -0.15) is 0 Å². The molecule has 0 fully saturated rings. The number of nitrogens with one attached hydrogen (secondary N) is 1. The highest BCUT2D eigenvalue weighted by Crippen LogP contribution is 2.01. The van der Waals surface area contributed by atoms with Crippen LogP contribution in [0.25, 0.3) is 11.0 Å². The van der Waals surface area contributed by atoms with Gasteiger partial charge in [0, 0.05) is 6.20 Å². The van der Waals surface area contributed by atoms with Gasteiger partial charge in [-0.05, 0) is 6.07 Å². The van der Waals surface area contributed by atoms with Gasteiger partial charge in [0.2, 0.25) is 0 Å². The predicted octanol–water partition coefficient (Wildman–Crippen LogP) is 0.465. The van der Waals surface area contributed by atoms with E-state index in [-0.39, 0.29) is 1.43 Å². The molecule has 0 aromatic carbocycles. The molecule has 0 atom stereocenters. The Bertz CT molecular complexity index is 288. The lowest BCUT2D eigenvalue weighted by molar-refractivity contribution is 0.959. The Kier molecular flexibility index (Phi) is 0.745. The van der Waals surface area contributed by atoms with Gasteiger partial charge in [0.15, 0.2) is 0 Å². The fraction of sp³-hybridized carbons (Fsp3) is 0. The number of pyridine rings is 1. The lowest BCUT2D eigenvalue weighted by Crippen LogP contribution is -1.69. The van der Waals surface area contributed by atoms with Crippen LogP contribution in [0.15, 0.2) is 18.5 Å². The molecule has 0 bridgehead atoms. The van der Waals surface area contributed by atoms with Crippen molar-refractivity contribution in [1.29, 1.82) is 0 Å². The molecule has 0 aliphatic heterocycles. The van der Waals surface area contributed by atoms with E-state index >= 15 is 0 Å². The smallest absolute Gasteiger partial charge is 0.262 e. The van der Waals surface area contributed by atoms with Gasteiger partial charge in [-0.1, -0.05) is 5.21 Å². The summed E-state index contributed by atoms with van der Waals surface area (Å²) in [4.78, 5) is 3.86. The Morgan fingerprint density at radius 1 is 1.56 bits per heavy atom. The van der Waals surface area contributed by atoms with Crippen molar-refractivity contribution in [2.75, 3.05) is 0 Å². The molecule has 2 rings (SSSR count). The Balaban J connectivity index is 0.000000500. The minimum absolute atomic E-state index is 0. The minimum Gasteiger partial charge on any atom is -0.262 e. The van der Waals surface area contributed by atoms with Crippen LogP contribution in [0, 0.1) is 0 Å². The van der Waals surface area contributed by atoms with Gasteiger partial charge in [0.05, 0.1) is 11.7 Å². The lowest BCUT2D eigenvalue weighted by atomic mass is 10.4. The predicted molar refractivity (Wildman–Crippen MR) is 32.8 cm³/mol. The van der Waals surface area contributed by atoms with Crippen LogP contribution in [0.5, 0.6) is 0 Å². The zero-order chi connectivity index (χ0) is 6.10. The maximum atomic E-state index is 3.86. The number of fused-ring (bicyclic) bond motifs is 1. The van der Waals surface area contributed by atoms with Crippen molar-refractivity contribution in [3.05, 3.63) is 18.5 Å². The molecule has 0 spiro atoms. The van der Waals surface area contributed by atoms with Gasteiger partial charge in [0.25, 0.3) is 0 Å². The van der Waals surface area contributed by atoms with Crippen LogP contribution in [-0.4, -0.2) is 20.4 Å². The van der Waals surface area contributed by atoms with Crippen LogP contribution in [0.4, 0.5) is 0 Å². The normalized spacial score (nSPS) is 10.2. The molecule has 1 N–H and O–H groups in total. The first-order valence-electron chi connectivity index (χ1n) is 2.57. The first-order valence-corrected chi connectivity index (χ1v) is 2.57. The Hall–Kier alpha value is -1.45. The highest BCUT2D eigenvalue weighted by atomic mass is 15.3. The van der Waals surface area contributed by atoms with Crippen LogP contribution in [0.1, 0.15) is 1.43 Å². The summed E-state index contributed by atoms with van der Waals surface area (Å²) in [5, 5.41) is 10.1. The second-order valence-electron chi connectivity index (χ2n) is 1.70. The number of hydrogen-bond donors (Lipinski definition) is 1. The second-order valence-corrected chi connectivity index (χ2v) is 1.70. The average Bonchev–Trinajstić information content (AvgIpc) is 2.33. The average molecular weight is 121 g/mol. The number of rotatable bonds is 0. The van der Waals surface area contributed by atoms with Crippen LogP contribution in [0.3, 0.4) is 0 Å². The molecule has 2 aromatic heterocycles. The number of hydrogen-bond acceptors (Lipinski definition) is 3. The summed E-state index contributed by atoms with van der Waals surface area (Å²) in [7, 11) is 0. The van der Waals surface area contributed by atoms with Gasteiger partial charge < -0.3 is 0 Å². The van der Waals surface area contributed by atoms with E-state index in [1.807, 2.05) is 6.07 Å². The summed E-state index contributed by atoms with van der Waals surface area (Å²) in [6.45, 7) is 0. The summed E-state index contributed by atoms with van der Waals surface area (Å²) in [5.74, 6) is 0. The quantitative estimate of drug-likeness (QED) is 0.551. The van der Waals surface area contributed by atoms with Gasteiger partial charge in [-0.25, -0.2) is 0 Å². The Morgan fingerprint density at radius 2 is 2.56 bits per heavy atom. The molecule has 0 saturated heterocycles. The second kappa shape index (κ2) is 1.51. The topological polar surface area (TPSA) is 54.5 Å². The van der Waals surface area contributed by atoms with Crippen LogP contribution in [0.2, 0.25) is 0 Å². The van der Waals surface area contributed by atoms with E-state index in [9.17, 15) is 0 Å². The number of aromatic amines is 1. The molecule has 0 radical (unpaired) electrons. The van der Waals surface area contributed by atoms with Gasteiger partial charge in [-0.15, -0.1) is 5.10 Å². The third-order valence-electron chi connectivity index (χ3n) is 1.13. The van der Waals surface area contributed by atoms with Crippen molar-refractivity contribution in [3.63, 3.8) is 0 Å². The van der Waals surface area contributed by atoms with Crippen LogP contribution in [-0.2, 0) is 0 Å². The highest BCUT2D eigenvalue weighted by Gasteiger charge is 1.91. The minimum atomic E-state index is 0. The SMILES string of the molecule is [H+].c1cc2[nH]nnc2cn1. The van der Waals surface area contributed by atoms with Crippen molar-refractivity contribution in [2.24, 2.45) is 0 Å². The molecule has 0 unspecified atom stereocenters. The molecule has 0 aliphatic rings. The molecule has 0 aliphatic carbocycles. The number of nitrogens with zero attached hydrogens (tertiary/aromatic N) is 3. The maximum Gasteiger partial charge on any atom is 1.00 e. The van der Waals surface area contributed by atoms with E-state index < -0.39 is 0 Å². The van der Waals surface area contributed by atoms with Crippen molar-refractivity contribution >= 4 is 11.0 Å². The van der Waals surface area contributed by atoms with E-state index in [4.69, 9.17) is 0 Å². The summed E-state index contributed by atoms with van der Waals surface area (Å²) in [6, 6.07) is 1.83. The molecule has 0 amide bonds. The zero-order valence-corrected chi connectivity index (χ0v) is 4.57. The molecule has 4 heteroatoms. The van der Waals surface area contributed by atoms with E-state index in [1.165, 1.54) is 0 Å². The first-order chi connectivity index (χ1) is 4.47. The van der Waals surface area contributed by atoms with Crippen LogP contribution >= 0.6 is 0 Å². The molecule has 0 saturated carbocycles. The molecule has 9 heavy (non-hydrogen) atoms. The monoisotopic (exact) mass is 121 g/mol. The fourth-order valence-corrected chi connectivity index (χ4v) is 0.693. The molecule has 4 nitrogen and oxygen atoms in total. The molecule has 44 valence electrons. The number of aromatic nitrogens is 4. The Labute approximate surface area is 52.4 Å². The summed E-state index contributed by atoms with van der Waals surface area (Å²) >= 11 is 0. The van der Waals surface area contributed by atoms with E-state index in [2.05, 4.69) is 20.4 Å². The Morgan fingerprint density at radius 3 is 3.44 bits per heavy atom. The van der Waals surface area contributed by atoms with Gasteiger partial charge in [-0.3, -0.25) is 10.1 Å². The third kappa shape index (κ3) is 0.561. The van der Waals surface area contributed by atoms with Crippen molar-refractivity contribution in [1.82, 2.24) is 20.4 Å². The largest absolute Gasteiger partial charge is 1.00 e. The van der Waals surface area contributed by atoms with Crippen LogP contribution < -0.4 is 0 Å². The number of H-pyrrole nitrogens is 1. The highest BCUT2D eigenvalue weighted by molar-refractivity contribution is 5.71. The standard InChI is InChI=1S/C5H4N4/c1-2-6-3-5-4(1)7-9-8-5/h1-3H,(H,7,8,9)/p+1. The first kappa shape index (κ1) is 4.43. The third-order valence-corrected chi connectivity index (χ3v) is 1.13. The summed E-state index contributed by atoms with van der Waals surface area (Å²) in [5.41, 5.74) is 1.72. The van der Waals surface area contributed by atoms with Gasteiger partial charge in [0.1, 0.15) is 5.52 Å². The molecule has 2 aromatic rings. The zero-order valence-electron chi connectivity index (χ0n) is 5.57. The summed E-state index contributed by atoms with van der Waals surface area (Å²) < 4.78 is 0. The fourth-order valence-electron chi connectivity index (χ4n) is 0.693. The van der Waals surface area contributed by atoms with E-state index in [0.717, 1.165) is 11.0 Å². The van der Waals surface area contributed by atoms with E-state index in [1.54, 1.807) is 12.4 Å². The van der Waals surface area contributed by atoms with Crippen molar-refractivity contribution in [2.45, 2.75) is 0 Å². The van der Waals surface area contributed by atoms with E-state index in [0.29, 0.717) is 0 Å². The maximum absolute atomic E-state index is 3.86. The molecular formula is C5H5N4+. The van der Waals surface area contributed by atoms with Gasteiger partial charge >= 0.3 is 1.43 Å². The molecule has 2 heterocycles. The lowest BCUT2D eigenvalue weighted by Gasteiger charge is -1.78. The van der Waals surface area contributed by atoms with Crippen molar-refractivity contribution < 1.29 is 1.43 Å². The molecular weight excluding hydrogens is 116 g/mol.